The number of carbonyl (C=O) groups excluding carboxylic acids is 4. The maximum absolute atomic E-state index is 12.6. The Morgan fingerprint density at radius 1 is 1.00 bits per heavy atom. The molecule has 0 bridgehead atoms. The van der Waals surface area contributed by atoms with Crippen LogP contribution in [0.2, 0.25) is 0 Å². The summed E-state index contributed by atoms with van der Waals surface area (Å²) in [4.78, 5) is 49.5. The van der Waals surface area contributed by atoms with Crippen LogP contribution in [0, 0.1) is 0 Å². The van der Waals surface area contributed by atoms with Crippen LogP contribution in [0.4, 0.5) is 0 Å². The average molecular weight is 366 g/mol. The number of carbonyl (C=O) groups is 4. The highest BCUT2D eigenvalue weighted by atomic mass is 16.5. The molecule has 0 saturated carbocycles. The Morgan fingerprint density at radius 3 is 2.41 bits per heavy atom. The van der Waals surface area contributed by atoms with Crippen LogP contribution in [0.25, 0.3) is 0 Å². The van der Waals surface area contributed by atoms with Gasteiger partial charge in [-0.3, -0.25) is 24.1 Å². The molecule has 1 aliphatic rings. The van der Waals surface area contributed by atoms with Gasteiger partial charge in [-0.15, -0.1) is 0 Å². The van der Waals surface area contributed by atoms with E-state index >= 15 is 0 Å². The molecule has 0 spiro atoms. The predicted octanol–water partition coefficient (Wildman–Crippen LogP) is 1.43. The number of hydrogen-bond donors (Lipinski definition) is 1. The molecule has 3 amide bonds. The van der Waals surface area contributed by atoms with Crippen molar-refractivity contribution in [3.8, 4) is 0 Å². The number of ether oxygens (including phenoxy) is 1. The Morgan fingerprint density at radius 2 is 1.70 bits per heavy atom. The van der Waals surface area contributed by atoms with Gasteiger partial charge in [0.05, 0.1) is 18.2 Å². The molecule has 1 N–H and O–H groups in total. The van der Waals surface area contributed by atoms with Crippen molar-refractivity contribution in [2.45, 2.75) is 6.42 Å². The maximum Gasteiger partial charge on any atom is 0.325 e. The van der Waals surface area contributed by atoms with Crippen LogP contribution in [-0.4, -0.2) is 48.8 Å². The molecular weight excluding hydrogens is 348 g/mol. The van der Waals surface area contributed by atoms with E-state index in [9.17, 15) is 19.2 Å². The van der Waals surface area contributed by atoms with Gasteiger partial charge in [0.1, 0.15) is 6.54 Å². The first-order chi connectivity index (χ1) is 13.0. The molecule has 0 fully saturated rings. The fourth-order valence-electron chi connectivity index (χ4n) is 2.85. The zero-order valence-corrected chi connectivity index (χ0v) is 14.7. The number of fused-ring (bicyclic) bond motifs is 1. The number of imide groups is 1. The smallest absolute Gasteiger partial charge is 0.325 e. The number of amides is 3. The number of nitrogens with one attached hydrogen (secondary N) is 1. The van der Waals surface area contributed by atoms with Gasteiger partial charge in [-0.1, -0.05) is 30.3 Å². The van der Waals surface area contributed by atoms with Gasteiger partial charge in [-0.05, 0) is 30.2 Å². The summed E-state index contributed by atoms with van der Waals surface area (Å²) >= 11 is 0. The molecule has 3 rings (SSSR count). The highest BCUT2D eigenvalue weighted by Gasteiger charge is 2.35. The zero-order valence-electron chi connectivity index (χ0n) is 14.7. The lowest BCUT2D eigenvalue weighted by atomic mass is 10.1. The van der Waals surface area contributed by atoms with E-state index in [-0.39, 0.29) is 35.7 Å². The second kappa shape index (κ2) is 7.82. The molecule has 1 heterocycles. The summed E-state index contributed by atoms with van der Waals surface area (Å²) in [6.45, 7) is -0.0112. The predicted molar refractivity (Wildman–Crippen MR) is 96.3 cm³/mol. The maximum atomic E-state index is 12.6. The Balaban J connectivity index is 1.72. The van der Waals surface area contributed by atoms with Crippen LogP contribution in [0.3, 0.4) is 0 Å². The van der Waals surface area contributed by atoms with E-state index in [0.717, 1.165) is 5.56 Å². The van der Waals surface area contributed by atoms with Crippen molar-refractivity contribution in [1.29, 1.82) is 0 Å². The summed E-state index contributed by atoms with van der Waals surface area (Å²) in [5, 5.41) is 2.40. The third kappa shape index (κ3) is 3.87. The Kier molecular flexibility index (Phi) is 5.30. The van der Waals surface area contributed by atoms with Gasteiger partial charge in [0.2, 0.25) is 0 Å². The molecule has 0 aromatic heterocycles. The van der Waals surface area contributed by atoms with Gasteiger partial charge in [0.15, 0.2) is 0 Å². The summed E-state index contributed by atoms with van der Waals surface area (Å²) in [6.07, 6.45) is 0.554. The van der Waals surface area contributed by atoms with Crippen molar-refractivity contribution in [3.63, 3.8) is 0 Å². The summed E-state index contributed by atoms with van der Waals surface area (Å²) in [5.74, 6) is -1.89. The third-order valence-corrected chi connectivity index (χ3v) is 4.32. The fraction of sp³-hybridized carbons (Fsp3) is 0.200. The Bertz CT molecular complexity index is 908. The van der Waals surface area contributed by atoms with Crippen molar-refractivity contribution in [2.75, 3.05) is 20.2 Å². The van der Waals surface area contributed by atoms with Crippen molar-refractivity contribution >= 4 is 23.7 Å². The van der Waals surface area contributed by atoms with E-state index in [1.165, 1.54) is 30.2 Å². The van der Waals surface area contributed by atoms with E-state index in [1.807, 2.05) is 30.3 Å². The summed E-state index contributed by atoms with van der Waals surface area (Å²) in [7, 11) is 1.22. The number of nitrogens with zero attached hydrogens (tertiary/aromatic N) is 1. The minimum Gasteiger partial charge on any atom is -0.468 e. The second-order valence-corrected chi connectivity index (χ2v) is 6.02. The molecule has 1 aliphatic heterocycles. The molecule has 138 valence electrons. The van der Waals surface area contributed by atoms with Crippen LogP contribution in [-0.2, 0) is 16.0 Å². The lowest BCUT2D eigenvalue weighted by Crippen LogP contribution is -2.31. The molecule has 7 heteroatoms. The molecule has 7 nitrogen and oxygen atoms in total. The Hall–Kier alpha value is -3.48. The number of esters is 1. The first-order valence-electron chi connectivity index (χ1n) is 8.40. The van der Waals surface area contributed by atoms with E-state index in [1.54, 1.807) is 0 Å². The van der Waals surface area contributed by atoms with Gasteiger partial charge in [0, 0.05) is 12.1 Å². The molecule has 0 atom stereocenters. The van der Waals surface area contributed by atoms with Crippen molar-refractivity contribution < 1.29 is 23.9 Å². The van der Waals surface area contributed by atoms with Crippen LogP contribution in [0.15, 0.2) is 48.5 Å². The molecule has 27 heavy (non-hydrogen) atoms. The molecular formula is C20H18N2O5. The summed E-state index contributed by atoms with van der Waals surface area (Å²) in [5.41, 5.74) is 1.69. The van der Waals surface area contributed by atoms with Gasteiger partial charge in [0.25, 0.3) is 17.7 Å². The van der Waals surface area contributed by atoms with E-state index in [0.29, 0.717) is 6.42 Å². The minimum absolute atomic E-state index is 0.193. The van der Waals surface area contributed by atoms with Gasteiger partial charge < -0.3 is 10.1 Å². The number of methoxy groups -OCH3 is 1. The van der Waals surface area contributed by atoms with Crippen LogP contribution >= 0.6 is 0 Å². The minimum atomic E-state index is -0.581. The fourth-order valence-corrected chi connectivity index (χ4v) is 2.85. The topological polar surface area (TPSA) is 92.8 Å². The molecule has 0 unspecified atom stereocenters. The van der Waals surface area contributed by atoms with E-state index in [2.05, 4.69) is 10.1 Å². The van der Waals surface area contributed by atoms with Gasteiger partial charge in [-0.25, -0.2) is 0 Å². The van der Waals surface area contributed by atoms with Gasteiger partial charge in [-0.2, -0.15) is 0 Å². The molecule has 0 aliphatic carbocycles. The highest BCUT2D eigenvalue weighted by Crippen LogP contribution is 2.24. The average Bonchev–Trinajstić information content (AvgIpc) is 2.94. The van der Waals surface area contributed by atoms with Crippen LogP contribution < -0.4 is 5.32 Å². The van der Waals surface area contributed by atoms with E-state index < -0.39 is 17.8 Å². The van der Waals surface area contributed by atoms with Crippen molar-refractivity contribution in [1.82, 2.24) is 10.2 Å². The lowest BCUT2D eigenvalue weighted by molar-refractivity contribution is -0.139. The SMILES string of the molecule is COC(=O)CNC(=O)c1ccc2c(c1)C(=O)N(CCc1ccccc1)C2=O. The van der Waals surface area contributed by atoms with E-state index in [4.69, 9.17) is 0 Å². The summed E-state index contributed by atoms with van der Waals surface area (Å²) in [6, 6.07) is 13.9. The summed E-state index contributed by atoms with van der Waals surface area (Å²) < 4.78 is 4.46. The zero-order chi connectivity index (χ0) is 19.4. The third-order valence-electron chi connectivity index (χ3n) is 4.32. The van der Waals surface area contributed by atoms with Gasteiger partial charge >= 0.3 is 5.97 Å². The first kappa shape index (κ1) is 18.3. The number of benzene rings is 2. The first-order valence-corrected chi connectivity index (χ1v) is 8.40. The van der Waals surface area contributed by atoms with Crippen LogP contribution in [0.1, 0.15) is 36.6 Å². The standard InChI is InChI=1S/C20H18N2O5/c1-27-17(23)12-21-18(24)14-7-8-15-16(11-14)20(26)22(19(15)25)10-9-13-5-3-2-4-6-13/h2-8,11H,9-10,12H2,1H3,(H,21,24). The van der Waals surface area contributed by atoms with Crippen LogP contribution in [0.5, 0.6) is 0 Å². The molecule has 2 aromatic carbocycles. The highest BCUT2D eigenvalue weighted by molar-refractivity contribution is 6.22. The molecule has 0 saturated heterocycles. The Labute approximate surface area is 155 Å². The molecule has 0 radical (unpaired) electrons. The number of hydrogen-bond acceptors (Lipinski definition) is 5. The quantitative estimate of drug-likeness (QED) is 0.617. The molecule has 2 aromatic rings. The second-order valence-electron chi connectivity index (χ2n) is 6.02. The lowest BCUT2D eigenvalue weighted by Gasteiger charge is -2.13. The number of rotatable bonds is 6. The van der Waals surface area contributed by atoms with Crippen molar-refractivity contribution in [3.05, 3.63) is 70.8 Å². The van der Waals surface area contributed by atoms with Crippen molar-refractivity contribution in [2.24, 2.45) is 0 Å². The monoisotopic (exact) mass is 366 g/mol. The largest absolute Gasteiger partial charge is 0.468 e. The normalized spacial score (nSPS) is 12.7.